The van der Waals surface area contributed by atoms with Crippen LogP contribution in [-0.2, 0) is 4.84 Å². The van der Waals surface area contributed by atoms with E-state index in [0.29, 0.717) is 6.61 Å². The lowest BCUT2D eigenvalue weighted by molar-refractivity contribution is 0.174. The number of oxime groups is 1. The topological polar surface area (TPSA) is 63.5 Å². The Labute approximate surface area is 168 Å². The molecule has 1 aliphatic heterocycles. The SMILES string of the molecule is C=CCO/N=C1\CCN(C)c2ccc(-c3sc(-c4cccnc4)nc3C)nc21. The van der Waals surface area contributed by atoms with Crippen LogP contribution < -0.4 is 4.90 Å². The van der Waals surface area contributed by atoms with Crippen LogP contribution in [0.25, 0.3) is 21.1 Å². The highest BCUT2D eigenvalue weighted by atomic mass is 32.1. The van der Waals surface area contributed by atoms with Crippen LogP contribution in [0.15, 0.2) is 54.5 Å². The second-order valence-electron chi connectivity index (χ2n) is 6.53. The minimum absolute atomic E-state index is 0.386. The lowest BCUT2D eigenvalue weighted by atomic mass is 10.0. The fourth-order valence-electron chi connectivity index (χ4n) is 3.11. The van der Waals surface area contributed by atoms with Crippen LogP contribution >= 0.6 is 11.3 Å². The molecule has 3 aromatic heterocycles. The molecule has 0 saturated heterocycles. The molecular formula is C21H21N5OS. The van der Waals surface area contributed by atoms with Gasteiger partial charge in [-0.25, -0.2) is 9.97 Å². The second-order valence-corrected chi connectivity index (χ2v) is 7.53. The van der Waals surface area contributed by atoms with E-state index < -0.39 is 0 Å². The monoisotopic (exact) mass is 391 g/mol. The van der Waals surface area contributed by atoms with Crippen LogP contribution in [0.5, 0.6) is 0 Å². The third-order valence-electron chi connectivity index (χ3n) is 4.55. The summed E-state index contributed by atoms with van der Waals surface area (Å²) in [5.41, 5.74) is 5.67. The molecule has 0 radical (unpaired) electrons. The summed E-state index contributed by atoms with van der Waals surface area (Å²) >= 11 is 1.63. The van der Waals surface area contributed by atoms with Gasteiger partial charge in [0.1, 0.15) is 23.0 Å². The molecule has 3 aromatic rings. The molecule has 0 fully saturated rings. The summed E-state index contributed by atoms with van der Waals surface area (Å²) in [7, 11) is 2.07. The lowest BCUT2D eigenvalue weighted by Crippen LogP contribution is -2.29. The molecule has 7 heteroatoms. The van der Waals surface area contributed by atoms with Crippen molar-refractivity contribution in [2.75, 3.05) is 25.1 Å². The van der Waals surface area contributed by atoms with Crippen LogP contribution in [0, 0.1) is 6.92 Å². The van der Waals surface area contributed by atoms with E-state index >= 15 is 0 Å². The highest BCUT2D eigenvalue weighted by Crippen LogP contribution is 2.36. The Morgan fingerprint density at radius 1 is 1.32 bits per heavy atom. The molecular weight excluding hydrogens is 370 g/mol. The van der Waals surface area contributed by atoms with Gasteiger partial charge in [-0.05, 0) is 31.2 Å². The third-order valence-corrected chi connectivity index (χ3v) is 5.78. The number of pyridine rings is 2. The molecule has 28 heavy (non-hydrogen) atoms. The van der Waals surface area contributed by atoms with Gasteiger partial charge in [-0.15, -0.1) is 11.3 Å². The zero-order valence-corrected chi connectivity index (χ0v) is 16.7. The zero-order valence-electron chi connectivity index (χ0n) is 15.9. The Hall–Kier alpha value is -3.06. The molecule has 0 saturated carbocycles. The van der Waals surface area contributed by atoms with Gasteiger partial charge in [0.05, 0.1) is 22.0 Å². The normalized spacial score (nSPS) is 14.8. The molecule has 1 aliphatic rings. The number of rotatable bonds is 5. The minimum Gasteiger partial charge on any atom is -0.391 e. The van der Waals surface area contributed by atoms with Crippen LogP contribution in [0.2, 0.25) is 0 Å². The van der Waals surface area contributed by atoms with Crippen molar-refractivity contribution < 1.29 is 4.84 Å². The van der Waals surface area contributed by atoms with E-state index in [9.17, 15) is 0 Å². The van der Waals surface area contributed by atoms with Gasteiger partial charge < -0.3 is 9.74 Å². The molecule has 0 N–H and O–H groups in total. The van der Waals surface area contributed by atoms with Crippen LogP contribution in [0.4, 0.5) is 5.69 Å². The maximum atomic E-state index is 5.34. The van der Waals surface area contributed by atoms with Crippen molar-refractivity contribution in [3.63, 3.8) is 0 Å². The third kappa shape index (κ3) is 3.53. The van der Waals surface area contributed by atoms with Gasteiger partial charge in [-0.2, -0.15) is 0 Å². The molecule has 142 valence electrons. The van der Waals surface area contributed by atoms with Crippen molar-refractivity contribution in [3.8, 4) is 21.1 Å². The van der Waals surface area contributed by atoms with Crippen molar-refractivity contribution in [3.05, 3.63) is 60.7 Å². The number of aromatic nitrogens is 3. The molecule has 0 atom stereocenters. The van der Waals surface area contributed by atoms with E-state index in [2.05, 4.69) is 40.8 Å². The first-order chi connectivity index (χ1) is 13.7. The second kappa shape index (κ2) is 7.90. The standard InChI is InChI=1S/C21H21N5OS/c1-4-12-27-25-16-9-11-26(3)18-8-7-17(24-19(16)18)20-14(2)23-21(28-20)15-6-5-10-22-13-15/h4-8,10,13H,1,9,11-12H2,2-3H3/b25-16+. The molecule has 4 rings (SSSR count). The van der Waals surface area contributed by atoms with Gasteiger partial charge in [0.25, 0.3) is 0 Å². The highest BCUT2D eigenvalue weighted by Gasteiger charge is 2.23. The summed E-state index contributed by atoms with van der Waals surface area (Å²) in [5.74, 6) is 0. The summed E-state index contributed by atoms with van der Waals surface area (Å²) in [6, 6.07) is 8.09. The Balaban J connectivity index is 1.74. The predicted molar refractivity (Wildman–Crippen MR) is 114 cm³/mol. The fraction of sp³-hybridized carbons (Fsp3) is 0.238. The van der Waals surface area contributed by atoms with Crippen LogP contribution in [0.1, 0.15) is 17.8 Å². The van der Waals surface area contributed by atoms with Crippen molar-refractivity contribution in [2.45, 2.75) is 13.3 Å². The van der Waals surface area contributed by atoms with Gasteiger partial charge in [0, 0.05) is 38.0 Å². The van der Waals surface area contributed by atoms with Gasteiger partial charge in [0.2, 0.25) is 0 Å². The molecule has 4 heterocycles. The number of anilines is 1. The predicted octanol–water partition coefficient (Wildman–Crippen LogP) is 4.32. The first-order valence-corrected chi connectivity index (χ1v) is 9.89. The number of hydrogen-bond donors (Lipinski definition) is 0. The summed E-state index contributed by atoms with van der Waals surface area (Å²) in [6.07, 6.45) is 6.07. The minimum atomic E-state index is 0.386. The van der Waals surface area contributed by atoms with Crippen LogP contribution in [0.3, 0.4) is 0 Å². The summed E-state index contributed by atoms with van der Waals surface area (Å²) in [6.45, 7) is 6.95. The highest BCUT2D eigenvalue weighted by molar-refractivity contribution is 7.18. The van der Waals surface area contributed by atoms with Crippen molar-refractivity contribution >= 4 is 22.7 Å². The van der Waals surface area contributed by atoms with Gasteiger partial charge in [-0.3, -0.25) is 4.98 Å². The smallest absolute Gasteiger partial charge is 0.135 e. The summed E-state index contributed by atoms with van der Waals surface area (Å²) in [4.78, 5) is 22.4. The largest absolute Gasteiger partial charge is 0.391 e. The first kappa shape index (κ1) is 18.3. The van der Waals surface area contributed by atoms with Crippen molar-refractivity contribution in [2.24, 2.45) is 5.16 Å². The Kier molecular flexibility index (Phi) is 5.16. The Morgan fingerprint density at radius 2 is 2.21 bits per heavy atom. The summed E-state index contributed by atoms with van der Waals surface area (Å²) in [5, 5.41) is 5.24. The maximum absolute atomic E-state index is 5.34. The molecule has 0 bridgehead atoms. The quantitative estimate of drug-likeness (QED) is 0.368. The maximum Gasteiger partial charge on any atom is 0.135 e. The van der Waals surface area contributed by atoms with E-state index in [1.165, 1.54) is 0 Å². The van der Waals surface area contributed by atoms with Gasteiger partial charge in [-0.1, -0.05) is 17.8 Å². The molecule has 0 aromatic carbocycles. The number of fused-ring (bicyclic) bond motifs is 1. The molecule has 0 aliphatic carbocycles. The van der Waals surface area contributed by atoms with Crippen molar-refractivity contribution in [1.29, 1.82) is 0 Å². The number of nitrogens with zero attached hydrogens (tertiary/aromatic N) is 5. The number of aryl methyl sites for hydroxylation is 1. The molecule has 0 amide bonds. The molecule has 6 nitrogen and oxygen atoms in total. The Bertz CT molecular complexity index is 1030. The lowest BCUT2D eigenvalue weighted by Gasteiger charge is -2.27. The molecule has 0 unspecified atom stereocenters. The van der Waals surface area contributed by atoms with E-state index in [-0.39, 0.29) is 0 Å². The number of hydrogen-bond acceptors (Lipinski definition) is 7. The number of thiazole rings is 1. The Morgan fingerprint density at radius 3 is 3.00 bits per heavy atom. The van der Waals surface area contributed by atoms with Gasteiger partial charge in [0.15, 0.2) is 0 Å². The van der Waals surface area contributed by atoms with Crippen LogP contribution in [-0.4, -0.2) is 40.9 Å². The zero-order chi connectivity index (χ0) is 19.5. The molecule has 0 spiro atoms. The summed E-state index contributed by atoms with van der Waals surface area (Å²) < 4.78 is 0. The fourth-order valence-corrected chi connectivity index (χ4v) is 4.14. The average Bonchev–Trinajstić information content (AvgIpc) is 3.12. The van der Waals surface area contributed by atoms with E-state index in [0.717, 1.165) is 56.9 Å². The van der Waals surface area contributed by atoms with Gasteiger partial charge >= 0.3 is 0 Å². The van der Waals surface area contributed by atoms with E-state index in [4.69, 9.17) is 14.8 Å². The average molecular weight is 392 g/mol. The van der Waals surface area contributed by atoms with Crippen molar-refractivity contribution in [1.82, 2.24) is 15.0 Å². The van der Waals surface area contributed by atoms with E-state index in [1.807, 2.05) is 25.3 Å². The van der Waals surface area contributed by atoms with E-state index in [1.54, 1.807) is 23.6 Å². The first-order valence-electron chi connectivity index (χ1n) is 9.08.